The Hall–Kier alpha value is -1.47. The van der Waals surface area contributed by atoms with E-state index in [-0.39, 0.29) is 17.0 Å². The lowest BCUT2D eigenvalue weighted by Crippen LogP contribution is -2.63. The summed E-state index contributed by atoms with van der Waals surface area (Å²) in [5.74, 6) is -0.0815. The second-order valence-corrected chi connectivity index (χ2v) is 8.19. The van der Waals surface area contributed by atoms with Crippen LogP contribution in [-0.2, 0) is 16.1 Å². The van der Waals surface area contributed by atoms with Gasteiger partial charge in [-0.3, -0.25) is 9.69 Å². The van der Waals surface area contributed by atoms with Gasteiger partial charge in [-0.05, 0) is 66.2 Å². The molecule has 1 aliphatic rings. The number of hydrogen-bond acceptors (Lipinski definition) is 5. The van der Waals surface area contributed by atoms with Crippen molar-refractivity contribution in [2.75, 3.05) is 34.3 Å². The molecule has 0 amide bonds. The van der Waals surface area contributed by atoms with E-state index in [1.54, 1.807) is 20.8 Å². The zero-order valence-electron chi connectivity index (χ0n) is 19.8. The van der Waals surface area contributed by atoms with Crippen LogP contribution in [0.4, 0.5) is 0 Å². The summed E-state index contributed by atoms with van der Waals surface area (Å²) in [6.07, 6.45) is 2.79. The first-order valence-electron chi connectivity index (χ1n) is 10.3. The van der Waals surface area contributed by atoms with E-state index in [9.17, 15) is 4.79 Å². The number of carbonyl (C=O) groups excluding carboxylic acids is 1. The van der Waals surface area contributed by atoms with E-state index in [0.29, 0.717) is 0 Å². The van der Waals surface area contributed by atoms with Crippen molar-refractivity contribution in [2.45, 2.75) is 71.6 Å². The lowest BCUT2D eigenvalue weighted by atomic mass is 9.81. The third kappa shape index (κ3) is 11.3. The molecule has 0 aromatic heterocycles. The van der Waals surface area contributed by atoms with Gasteiger partial charge in [0.15, 0.2) is 0 Å². The zero-order chi connectivity index (χ0) is 21.8. The fourth-order valence-corrected chi connectivity index (χ4v) is 3.09. The predicted octanol–water partition coefficient (Wildman–Crippen LogP) is 3.12. The monoisotopic (exact) mass is 412 g/mol. The average molecular weight is 413 g/mol. The first kappa shape index (κ1) is 29.7. The molecular formula is C23H44N2O4. The highest BCUT2D eigenvalue weighted by molar-refractivity contribution is 5.81. The van der Waals surface area contributed by atoms with Crippen LogP contribution in [-0.4, -0.2) is 71.8 Å². The summed E-state index contributed by atoms with van der Waals surface area (Å²) < 4.78 is 4.99. The molecule has 2 rings (SSSR count). The van der Waals surface area contributed by atoms with Crippen molar-refractivity contribution in [3.05, 3.63) is 35.9 Å². The van der Waals surface area contributed by atoms with Crippen LogP contribution in [0, 0.1) is 0 Å². The van der Waals surface area contributed by atoms with Crippen LogP contribution in [0.5, 0.6) is 0 Å². The molecule has 1 heterocycles. The third-order valence-corrected chi connectivity index (χ3v) is 4.58. The molecule has 0 saturated carbocycles. The van der Waals surface area contributed by atoms with Gasteiger partial charge in [-0.25, -0.2) is 0 Å². The van der Waals surface area contributed by atoms with E-state index >= 15 is 0 Å². The Morgan fingerprint density at radius 3 is 2.14 bits per heavy atom. The Kier molecular flexibility index (Phi) is 14.9. The Bertz CT molecular complexity index is 540. The van der Waals surface area contributed by atoms with Crippen molar-refractivity contribution < 1.29 is 20.1 Å². The maximum absolute atomic E-state index is 12.0. The smallest absolute Gasteiger partial charge is 0.326 e. The number of methoxy groups -OCH3 is 1. The molecule has 170 valence electrons. The topological polar surface area (TPSA) is 84.5 Å². The second-order valence-electron chi connectivity index (χ2n) is 8.19. The molecule has 1 aromatic rings. The molecule has 0 radical (unpaired) electrons. The standard InChI is InChI=1S/C17H26N2O2.C4H10O.C2H6.H2O/c1-18(14-15-8-5-4-6-9-15)12-7-10-17(16(20)21-3)11-13-19(17)2;1-4(2,3)5;1-2;/h4-6,8-9H,7,10-14H2,1-3H3;5H,1-3H3;1-2H3;1H2. The van der Waals surface area contributed by atoms with Crippen LogP contribution in [0.2, 0.25) is 0 Å². The summed E-state index contributed by atoms with van der Waals surface area (Å²) >= 11 is 0. The van der Waals surface area contributed by atoms with Crippen molar-refractivity contribution in [1.82, 2.24) is 9.80 Å². The second kappa shape index (κ2) is 14.5. The maximum atomic E-state index is 12.0. The number of hydrogen-bond donors (Lipinski definition) is 1. The first-order valence-corrected chi connectivity index (χ1v) is 10.3. The normalized spacial score (nSPS) is 18.3. The lowest BCUT2D eigenvalue weighted by Gasteiger charge is -2.48. The molecule has 0 aliphatic carbocycles. The van der Waals surface area contributed by atoms with Crippen LogP contribution in [0.15, 0.2) is 30.3 Å². The molecule has 29 heavy (non-hydrogen) atoms. The molecular weight excluding hydrogens is 368 g/mol. The average Bonchev–Trinajstić information content (AvgIpc) is 2.64. The van der Waals surface area contributed by atoms with Crippen molar-refractivity contribution in [3.8, 4) is 0 Å². The largest absolute Gasteiger partial charge is 0.468 e. The van der Waals surface area contributed by atoms with Gasteiger partial charge in [-0.1, -0.05) is 44.2 Å². The SMILES string of the molecule is CC.CC(C)(C)O.COC(=O)C1(CCCN(C)Cc2ccccc2)CCN1C.O. The number of benzene rings is 1. The Morgan fingerprint density at radius 2 is 1.76 bits per heavy atom. The summed E-state index contributed by atoms with van der Waals surface area (Å²) in [5.41, 5.74) is 0.450. The number of likely N-dealkylation sites (N-methyl/N-ethyl adjacent to an activating group) is 1. The zero-order valence-corrected chi connectivity index (χ0v) is 19.8. The van der Waals surface area contributed by atoms with Gasteiger partial charge in [-0.15, -0.1) is 0 Å². The summed E-state index contributed by atoms with van der Waals surface area (Å²) in [4.78, 5) is 16.4. The molecule has 6 heteroatoms. The minimum absolute atomic E-state index is 0. The highest BCUT2D eigenvalue weighted by Crippen LogP contribution is 2.34. The van der Waals surface area contributed by atoms with Gasteiger partial charge in [0.05, 0.1) is 12.7 Å². The predicted molar refractivity (Wildman–Crippen MR) is 121 cm³/mol. The van der Waals surface area contributed by atoms with Crippen LogP contribution in [0.1, 0.15) is 59.4 Å². The van der Waals surface area contributed by atoms with E-state index in [0.717, 1.165) is 38.9 Å². The number of carbonyl (C=O) groups is 1. The molecule has 1 aromatic carbocycles. The summed E-state index contributed by atoms with van der Waals surface area (Å²) in [5, 5.41) is 8.52. The Balaban J connectivity index is 0. The van der Waals surface area contributed by atoms with Gasteiger partial charge in [0, 0.05) is 13.1 Å². The highest BCUT2D eigenvalue weighted by Gasteiger charge is 2.49. The van der Waals surface area contributed by atoms with Crippen molar-refractivity contribution >= 4 is 5.97 Å². The number of likely N-dealkylation sites (tertiary alicyclic amines) is 1. The minimum Gasteiger partial charge on any atom is -0.468 e. The summed E-state index contributed by atoms with van der Waals surface area (Å²) in [7, 11) is 5.62. The summed E-state index contributed by atoms with van der Waals surface area (Å²) in [6.45, 7) is 12.1. The number of ether oxygens (including phenoxy) is 1. The number of nitrogens with zero attached hydrogens (tertiary/aromatic N) is 2. The molecule has 1 fully saturated rings. The van der Waals surface area contributed by atoms with Gasteiger partial charge in [-0.2, -0.15) is 0 Å². The number of esters is 1. The highest BCUT2D eigenvalue weighted by atomic mass is 16.5. The molecule has 6 nitrogen and oxygen atoms in total. The molecule has 1 aliphatic heterocycles. The van der Waals surface area contributed by atoms with Gasteiger partial charge in [0.1, 0.15) is 5.54 Å². The van der Waals surface area contributed by atoms with E-state index in [4.69, 9.17) is 9.84 Å². The summed E-state index contributed by atoms with van der Waals surface area (Å²) in [6, 6.07) is 10.5. The Labute approximate surface area is 178 Å². The fraction of sp³-hybridized carbons (Fsp3) is 0.696. The fourth-order valence-electron chi connectivity index (χ4n) is 3.09. The van der Waals surface area contributed by atoms with Crippen LogP contribution in [0.25, 0.3) is 0 Å². The van der Waals surface area contributed by atoms with Crippen molar-refractivity contribution in [1.29, 1.82) is 0 Å². The molecule has 3 N–H and O–H groups in total. The van der Waals surface area contributed by atoms with Gasteiger partial charge >= 0.3 is 5.97 Å². The van der Waals surface area contributed by atoms with Gasteiger partial charge in [0.2, 0.25) is 0 Å². The van der Waals surface area contributed by atoms with E-state index < -0.39 is 5.60 Å². The Morgan fingerprint density at radius 1 is 1.24 bits per heavy atom. The van der Waals surface area contributed by atoms with E-state index in [1.165, 1.54) is 12.7 Å². The number of aliphatic hydroxyl groups is 1. The molecule has 0 bridgehead atoms. The van der Waals surface area contributed by atoms with Crippen LogP contribution in [0.3, 0.4) is 0 Å². The molecule has 0 spiro atoms. The molecule has 1 unspecified atom stereocenters. The maximum Gasteiger partial charge on any atom is 0.326 e. The van der Waals surface area contributed by atoms with Gasteiger partial charge in [0.25, 0.3) is 0 Å². The third-order valence-electron chi connectivity index (χ3n) is 4.58. The minimum atomic E-state index is -0.500. The van der Waals surface area contributed by atoms with E-state index in [1.807, 2.05) is 27.0 Å². The van der Waals surface area contributed by atoms with Crippen LogP contribution < -0.4 is 0 Å². The quantitative estimate of drug-likeness (QED) is 0.696. The first-order chi connectivity index (χ1) is 13.1. The van der Waals surface area contributed by atoms with Gasteiger partial charge < -0.3 is 20.2 Å². The lowest BCUT2D eigenvalue weighted by molar-refractivity contribution is -0.164. The number of rotatable bonds is 7. The van der Waals surface area contributed by atoms with Crippen LogP contribution >= 0.6 is 0 Å². The molecule has 1 saturated heterocycles. The van der Waals surface area contributed by atoms with Crippen molar-refractivity contribution in [2.24, 2.45) is 0 Å². The van der Waals surface area contributed by atoms with Crippen molar-refractivity contribution in [3.63, 3.8) is 0 Å². The molecule has 1 atom stereocenters. The van der Waals surface area contributed by atoms with E-state index in [2.05, 4.69) is 41.1 Å².